The van der Waals surface area contributed by atoms with Gasteiger partial charge in [-0.15, -0.1) is 0 Å². The summed E-state index contributed by atoms with van der Waals surface area (Å²) in [7, 11) is -3.19. The van der Waals surface area contributed by atoms with Crippen molar-refractivity contribution in [3.63, 3.8) is 0 Å². The summed E-state index contributed by atoms with van der Waals surface area (Å²) < 4.78 is 28.2. The molecule has 0 aliphatic heterocycles. The van der Waals surface area contributed by atoms with Crippen molar-refractivity contribution in [3.8, 4) is 0 Å². The zero-order chi connectivity index (χ0) is 7.33. The largest absolute Gasteiger partial charge is 0.319 e. The Bertz CT molecular complexity index is 149. The molecule has 0 aromatic rings. The van der Waals surface area contributed by atoms with E-state index in [9.17, 15) is 8.42 Å². The second-order valence-electron chi connectivity index (χ2n) is 1.60. The maximum Gasteiger partial charge on any atom is 0.319 e. The van der Waals surface area contributed by atoms with Crippen molar-refractivity contribution in [1.82, 2.24) is 0 Å². The van der Waals surface area contributed by atoms with Crippen LogP contribution in [-0.2, 0) is 9.15 Å². The number of unbranched alkanes of at least 4 members (excludes halogenated alkanes) is 1. The molecule has 9 heavy (non-hydrogen) atoms. The van der Waals surface area contributed by atoms with Gasteiger partial charge in [-0.2, -0.15) is 8.42 Å². The SMILES string of the molecule is CCCCSS(=O)(=O)O. The van der Waals surface area contributed by atoms with Gasteiger partial charge in [-0.3, -0.25) is 4.55 Å². The minimum Gasteiger partial charge on any atom is -0.277 e. The third-order valence-electron chi connectivity index (χ3n) is 0.730. The number of hydrogen-bond acceptors (Lipinski definition) is 3. The Morgan fingerprint density at radius 1 is 1.56 bits per heavy atom. The number of rotatable bonds is 4. The summed E-state index contributed by atoms with van der Waals surface area (Å²) in [5.74, 6) is 0.481. The second-order valence-corrected chi connectivity index (χ2v) is 5.07. The van der Waals surface area contributed by atoms with Crippen LogP contribution in [0.15, 0.2) is 0 Å². The average molecular weight is 170 g/mol. The molecule has 0 aromatic carbocycles. The van der Waals surface area contributed by atoms with Crippen LogP contribution >= 0.6 is 10.8 Å². The summed E-state index contributed by atoms with van der Waals surface area (Å²) in [6.45, 7) is 1.96. The van der Waals surface area contributed by atoms with Gasteiger partial charge in [0.15, 0.2) is 0 Å². The van der Waals surface area contributed by atoms with Crippen LogP contribution in [0.25, 0.3) is 0 Å². The third kappa shape index (κ3) is 8.26. The molecular weight excluding hydrogens is 160 g/mol. The van der Waals surface area contributed by atoms with Crippen molar-refractivity contribution in [2.75, 3.05) is 5.75 Å². The van der Waals surface area contributed by atoms with Crippen molar-refractivity contribution in [3.05, 3.63) is 0 Å². The molecule has 0 amide bonds. The predicted octanol–water partition coefficient (Wildman–Crippen LogP) is 1.32. The summed E-state index contributed by atoms with van der Waals surface area (Å²) >= 11 is 0. The molecule has 0 bridgehead atoms. The van der Waals surface area contributed by atoms with Gasteiger partial charge in [-0.1, -0.05) is 13.3 Å². The van der Waals surface area contributed by atoms with E-state index >= 15 is 0 Å². The molecule has 0 saturated carbocycles. The van der Waals surface area contributed by atoms with Gasteiger partial charge in [-0.25, -0.2) is 0 Å². The molecular formula is C4H10O3S2. The topological polar surface area (TPSA) is 54.4 Å². The molecule has 0 aliphatic rings. The summed E-state index contributed by atoms with van der Waals surface area (Å²) in [6.07, 6.45) is 1.77. The average Bonchev–Trinajstić information content (AvgIpc) is 1.63. The fourth-order valence-electron chi connectivity index (χ4n) is 0.309. The lowest BCUT2D eigenvalue weighted by Gasteiger charge is -1.92. The van der Waals surface area contributed by atoms with Gasteiger partial charge in [0.25, 0.3) is 0 Å². The maximum atomic E-state index is 10.0. The highest BCUT2D eigenvalue weighted by Crippen LogP contribution is 2.10. The Balaban J connectivity index is 3.30. The van der Waals surface area contributed by atoms with Crippen LogP contribution in [-0.4, -0.2) is 18.7 Å². The first-order chi connectivity index (χ1) is 4.06. The summed E-state index contributed by atoms with van der Waals surface area (Å²) in [5, 5.41) is 0. The summed E-state index contributed by atoms with van der Waals surface area (Å²) in [4.78, 5) is 0. The third-order valence-corrected chi connectivity index (χ3v) is 2.88. The Kier molecular flexibility index (Phi) is 4.26. The second kappa shape index (κ2) is 4.14. The molecule has 0 fully saturated rings. The van der Waals surface area contributed by atoms with Gasteiger partial charge in [0.2, 0.25) is 0 Å². The zero-order valence-corrected chi connectivity index (χ0v) is 6.83. The number of hydrogen-bond donors (Lipinski definition) is 1. The van der Waals surface area contributed by atoms with Crippen LogP contribution in [0, 0.1) is 0 Å². The van der Waals surface area contributed by atoms with Crippen LogP contribution in [0.3, 0.4) is 0 Å². The van der Waals surface area contributed by atoms with Crippen LogP contribution in [0.1, 0.15) is 19.8 Å². The van der Waals surface area contributed by atoms with Crippen molar-refractivity contribution in [2.45, 2.75) is 19.8 Å². The van der Waals surface area contributed by atoms with E-state index in [2.05, 4.69) is 0 Å². The Morgan fingerprint density at radius 3 is 2.44 bits per heavy atom. The molecule has 1 N–H and O–H groups in total. The minimum atomic E-state index is -3.78. The van der Waals surface area contributed by atoms with Gasteiger partial charge >= 0.3 is 9.15 Å². The molecule has 0 radical (unpaired) electrons. The highest BCUT2D eigenvalue weighted by atomic mass is 33.1. The molecule has 5 heteroatoms. The lowest BCUT2D eigenvalue weighted by Crippen LogP contribution is -1.90. The van der Waals surface area contributed by atoms with Crippen molar-refractivity contribution >= 4 is 19.9 Å². The van der Waals surface area contributed by atoms with Crippen LogP contribution < -0.4 is 0 Å². The maximum absolute atomic E-state index is 10.0. The van der Waals surface area contributed by atoms with Gasteiger partial charge in [0.1, 0.15) is 0 Å². The van der Waals surface area contributed by atoms with Crippen molar-refractivity contribution < 1.29 is 13.0 Å². The quantitative estimate of drug-likeness (QED) is 0.393. The molecule has 56 valence electrons. The van der Waals surface area contributed by atoms with Crippen LogP contribution in [0.4, 0.5) is 0 Å². The minimum absolute atomic E-state index is 0.481. The van der Waals surface area contributed by atoms with E-state index < -0.39 is 9.15 Å². The fourth-order valence-corrected chi connectivity index (χ4v) is 1.91. The smallest absolute Gasteiger partial charge is 0.277 e. The standard InChI is InChI=1S/C4H10O3S2/c1-2-3-4-8-9(5,6)7/h2-4H2,1H3,(H,5,6,7). The molecule has 0 heterocycles. The lowest BCUT2D eigenvalue weighted by atomic mass is 10.4. The lowest BCUT2D eigenvalue weighted by molar-refractivity contribution is 0.503. The molecule has 0 atom stereocenters. The van der Waals surface area contributed by atoms with Crippen LogP contribution in [0.5, 0.6) is 0 Å². The Labute approximate surface area is 59.0 Å². The van der Waals surface area contributed by atoms with E-state index in [1.807, 2.05) is 6.92 Å². The summed E-state index contributed by atoms with van der Waals surface area (Å²) in [6, 6.07) is 0. The molecule has 0 saturated heterocycles. The van der Waals surface area contributed by atoms with E-state index in [1.165, 1.54) is 0 Å². The van der Waals surface area contributed by atoms with E-state index in [0.29, 0.717) is 16.5 Å². The molecule has 0 aliphatic carbocycles. The first-order valence-corrected chi connectivity index (χ1v) is 5.62. The molecule has 3 nitrogen and oxygen atoms in total. The fraction of sp³-hybridized carbons (Fsp3) is 1.00. The van der Waals surface area contributed by atoms with Gasteiger partial charge in [0, 0.05) is 5.75 Å². The predicted molar refractivity (Wildman–Crippen MR) is 38.9 cm³/mol. The van der Waals surface area contributed by atoms with Gasteiger partial charge in [-0.05, 0) is 17.2 Å². The van der Waals surface area contributed by atoms with E-state index in [0.717, 1.165) is 12.8 Å². The van der Waals surface area contributed by atoms with E-state index in [-0.39, 0.29) is 0 Å². The normalized spacial score (nSPS) is 11.8. The Hall–Kier alpha value is 0.260. The van der Waals surface area contributed by atoms with Gasteiger partial charge in [0.05, 0.1) is 0 Å². The monoisotopic (exact) mass is 170 g/mol. The highest BCUT2D eigenvalue weighted by molar-refractivity contribution is 8.69. The van der Waals surface area contributed by atoms with E-state index in [4.69, 9.17) is 4.55 Å². The van der Waals surface area contributed by atoms with Crippen molar-refractivity contribution in [2.24, 2.45) is 0 Å². The molecule has 0 aromatic heterocycles. The molecule has 0 spiro atoms. The molecule has 0 rings (SSSR count). The highest BCUT2D eigenvalue weighted by Gasteiger charge is 2.02. The first kappa shape index (κ1) is 9.26. The Morgan fingerprint density at radius 2 is 2.11 bits per heavy atom. The van der Waals surface area contributed by atoms with Crippen LogP contribution in [0.2, 0.25) is 0 Å². The first-order valence-electron chi connectivity index (χ1n) is 2.68. The van der Waals surface area contributed by atoms with Gasteiger partial charge < -0.3 is 0 Å². The van der Waals surface area contributed by atoms with Crippen molar-refractivity contribution in [1.29, 1.82) is 0 Å². The van der Waals surface area contributed by atoms with E-state index in [1.54, 1.807) is 0 Å². The molecule has 0 unspecified atom stereocenters. The summed E-state index contributed by atoms with van der Waals surface area (Å²) in [5.41, 5.74) is 0. The zero-order valence-electron chi connectivity index (χ0n) is 5.20.